The molecule has 1 fully saturated rings. The lowest BCUT2D eigenvalue weighted by atomic mass is 10.0. The molecule has 34 heavy (non-hydrogen) atoms. The minimum absolute atomic E-state index is 0. The second-order valence-electron chi connectivity index (χ2n) is 8.43. The number of carbonyl (C=O) groups excluding carboxylic acids is 2. The SMILES string of the molecule is CCC(Oc1ccc(NC(N)=O)c2c1CCC(=O)N2)N1CCN(c2ccccc2C)CC1O.Cl. The molecule has 0 radical (unpaired) electrons. The maximum Gasteiger partial charge on any atom is 0.316 e. The normalized spacial score (nSPS) is 18.9. The lowest BCUT2D eigenvalue weighted by molar-refractivity contribution is -0.116. The molecule has 2 aromatic carbocycles. The van der Waals surface area contributed by atoms with Crippen LogP contribution in [0, 0.1) is 6.92 Å². The largest absolute Gasteiger partial charge is 0.475 e. The molecule has 0 saturated carbocycles. The fourth-order valence-electron chi connectivity index (χ4n) is 4.59. The topological polar surface area (TPSA) is 120 Å². The highest BCUT2D eigenvalue weighted by atomic mass is 35.5. The van der Waals surface area contributed by atoms with Crippen molar-refractivity contribution in [2.24, 2.45) is 5.73 Å². The number of aliphatic hydroxyl groups is 1. The molecule has 1 saturated heterocycles. The highest BCUT2D eigenvalue weighted by Crippen LogP contribution is 2.38. The molecule has 0 aromatic heterocycles. The number of nitrogens with two attached hydrogens (primary N) is 1. The molecule has 5 N–H and O–H groups in total. The highest BCUT2D eigenvalue weighted by molar-refractivity contribution is 6.02. The van der Waals surface area contributed by atoms with Gasteiger partial charge in [0.05, 0.1) is 17.9 Å². The second-order valence-corrected chi connectivity index (χ2v) is 8.43. The number of piperazine rings is 1. The fraction of sp³-hybridized carbons (Fsp3) is 0.417. The molecule has 2 heterocycles. The summed E-state index contributed by atoms with van der Waals surface area (Å²) < 4.78 is 6.38. The van der Waals surface area contributed by atoms with Gasteiger partial charge < -0.3 is 31.1 Å². The van der Waals surface area contributed by atoms with Crippen LogP contribution in [-0.4, -0.2) is 54.0 Å². The Morgan fingerprint density at radius 3 is 2.71 bits per heavy atom. The number of nitrogens with zero attached hydrogens (tertiary/aromatic N) is 2. The third kappa shape index (κ3) is 5.38. The zero-order valence-electron chi connectivity index (χ0n) is 19.4. The van der Waals surface area contributed by atoms with E-state index in [0.717, 1.165) is 17.8 Å². The molecule has 0 spiro atoms. The Labute approximate surface area is 205 Å². The lowest BCUT2D eigenvalue weighted by Crippen LogP contribution is -2.58. The van der Waals surface area contributed by atoms with Crippen LogP contribution in [0.25, 0.3) is 0 Å². The molecule has 9 nitrogen and oxygen atoms in total. The van der Waals surface area contributed by atoms with Crippen LogP contribution >= 0.6 is 12.4 Å². The molecular weight excluding hydrogens is 458 g/mol. The minimum Gasteiger partial charge on any atom is -0.475 e. The number of nitrogens with one attached hydrogen (secondary N) is 2. The number of rotatable bonds is 6. The number of aliphatic hydroxyl groups excluding tert-OH is 1. The Balaban J connectivity index is 0.00000324. The van der Waals surface area contributed by atoms with Gasteiger partial charge in [0.2, 0.25) is 5.91 Å². The van der Waals surface area contributed by atoms with Crippen molar-refractivity contribution in [3.05, 3.63) is 47.5 Å². The fourth-order valence-corrected chi connectivity index (χ4v) is 4.59. The summed E-state index contributed by atoms with van der Waals surface area (Å²) in [5.41, 5.74) is 9.36. The molecule has 2 aliphatic heterocycles. The van der Waals surface area contributed by atoms with E-state index in [-0.39, 0.29) is 24.5 Å². The van der Waals surface area contributed by atoms with Gasteiger partial charge in [-0.1, -0.05) is 25.1 Å². The number of halogens is 1. The molecule has 184 valence electrons. The van der Waals surface area contributed by atoms with Gasteiger partial charge in [-0.3, -0.25) is 4.79 Å². The standard InChI is InChI=1S/C24H31N5O4.ClH/c1-3-22(29-13-12-28(14-21(29)31)18-7-5-4-6-15(18)2)33-19-10-9-17(26-24(25)32)23-16(19)8-11-20(30)27-23;/h4-7,9-10,21-22,31H,3,8,11-14H2,1-2H3,(H,27,30)(H3,25,26,32);1H. The smallest absolute Gasteiger partial charge is 0.316 e. The zero-order valence-corrected chi connectivity index (χ0v) is 20.2. The molecule has 10 heteroatoms. The number of anilines is 3. The maximum atomic E-state index is 12.0. The first-order valence-corrected chi connectivity index (χ1v) is 11.3. The summed E-state index contributed by atoms with van der Waals surface area (Å²) in [6.45, 7) is 6.00. The first-order chi connectivity index (χ1) is 15.9. The third-order valence-electron chi connectivity index (χ3n) is 6.23. The second kappa shape index (κ2) is 10.9. The van der Waals surface area contributed by atoms with Crippen LogP contribution < -0.4 is 26.0 Å². The van der Waals surface area contributed by atoms with Crippen molar-refractivity contribution >= 4 is 41.4 Å². The van der Waals surface area contributed by atoms with Crippen molar-refractivity contribution < 1.29 is 19.4 Å². The van der Waals surface area contributed by atoms with Crippen LogP contribution in [0.5, 0.6) is 5.75 Å². The summed E-state index contributed by atoms with van der Waals surface area (Å²) in [7, 11) is 0. The van der Waals surface area contributed by atoms with E-state index in [1.807, 2.05) is 24.0 Å². The van der Waals surface area contributed by atoms with E-state index in [4.69, 9.17) is 10.5 Å². The average molecular weight is 490 g/mol. The summed E-state index contributed by atoms with van der Waals surface area (Å²) in [6, 6.07) is 10.9. The van der Waals surface area contributed by atoms with Gasteiger partial charge in [0, 0.05) is 30.8 Å². The number of aryl methyl sites for hydroxylation is 1. The molecule has 2 atom stereocenters. The van der Waals surface area contributed by atoms with Crippen LogP contribution in [0.1, 0.15) is 30.9 Å². The van der Waals surface area contributed by atoms with Crippen molar-refractivity contribution in [3.63, 3.8) is 0 Å². The number of hydrogen-bond acceptors (Lipinski definition) is 6. The maximum absolute atomic E-state index is 12.0. The molecule has 2 aliphatic rings. The van der Waals surface area contributed by atoms with E-state index >= 15 is 0 Å². The van der Waals surface area contributed by atoms with E-state index in [2.05, 4.69) is 34.6 Å². The van der Waals surface area contributed by atoms with Gasteiger partial charge in [-0.2, -0.15) is 0 Å². The molecule has 2 unspecified atom stereocenters. The number of hydrogen-bond donors (Lipinski definition) is 4. The van der Waals surface area contributed by atoms with Gasteiger partial charge in [0.1, 0.15) is 12.0 Å². The van der Waals surface area contributed by atoms with Crippen molar-refractivity contribution in [1.29, 1.82) is 0 Å². The van der Waals surface area contributed by atoms with Crippen LogP contribution in [0.2, 0.25) is 0 Å². The van der Waals surface area contributed by atoms with Crippen molar-refractivity contribution in [1.82, 2.24) is 4.90 Å². The Morgan fingerprint density at radius 1 is 1.26 bits per heavy atom. The average Bonchev–Trinajstić information content (AvgIpc) is 2.79. The van der Waals surface area contributed by atoms with Crippen LogP contribution in [0.15, 0.2) is 36.4 Å². The number of primary amides is 1. The first kappa shape index (κ1) is 25.6. The number of benzene rings is 2. The number of β-amino-alcohol motifs (C(OH)–C–C–N with tert-alkyl or cyclic N) is 1. The van der Waals surface area contributed by atoms with E-state index in [1.54, 1.807) is 12.1 Å². The Morgan fingerprint density at radius 2 is 2.03 bits per heavy atom. The van der Waals surface area contributed by atoms with Crippen LogP contribution in [0.4, 0.5) is 21.9 Å². The van der Waals surface area contributed by atoms with Crippen LogP contribution in [0.3, 0.4) is 0 Å². The predicted molar refractivity (Wildman–Crippen MR) is 135 cm³/mol. The van der Waals surface area contributed by atoms with Crippen molar-refractivity contribution in [2.45, 2.75) is 45.6 Å². The monoisotopic (exact) mass is 489 g/mol. The number of amides is 3. The number of ether oxygens (including phenoxy) is 1. The molecule has 2 aromatic rings. The van der Waals surface area contributed by atoms with Gasteiger partial charge in [0.25, 0.3) is 0 Å². The molecule has 4 rings (SSSR count). The molecule has 0 aliphatic carbocycles. The van der Waals surface area contributed by atoms with Gasteiger partial charge in [0.15, 0.2) is 6.23 Å². The summed E-state index contributed by atoms with van der Waals surface area (Å²) in [5, 5.41) is 16.4. The van der Waals surface area contributed by atoms with E-state index in [0.29, 0.717) is 49.5 Å². The quantitative estimate of drug-likeness (QED) is 0.495. The number of urea groups is 1. The van der Waals surface area contributed by atoms with Gasteiger partial charge in [-0.25, -0.2) is 9.69 Å². The van der Waals surface area contributed by atoms with Crippen molar-refractivity contribution in [2.75, 3.05) is 35.2 Å². The predicted octanol–water partition coefficient (Wildman–Crippen LogP) is 3.05. The number of para-hydroxylation sites is 1. The molecular formula is C24H32ClN5O4. The first-order valence-electron chi connectivity index (χ1n) is 11.3. The zero-order chi connectivity index (χ0) is 23.5. The Hall–Kier alpha value is -3.01. The van der Waals surface area contributed by atoms with Crippen LogP contribution in [-0.2, 0) is 11.2 Å². The summed E-state index contributed by atoms with van der Waals surface area (Å²) in [5.74, 6) is 0.502. The third-order valence-corrected chi connectivity index (χ3v) is 6.23. The lowest BCUT2D eigenvalue weighted by Gasteiger charge is -2.43. The van der Waals surface area contributed by atoms with Gasteiger partial charge in [-0.15, -0.1) is 12.4 Å². The summed E-state index contributed by atoms with van der Waals surface area (Å²) in [6.07, 6.45) is 0.470. The Kier molecular flexibility index (Phi) is 8.24. The minimum atomic E-state index is -0.702. The van der Waals surface area contributed by atoms with Crippen molar-refractivity contribution in [3.8, 4) is 5.75 Å². The van der Waals surface area contributed by atoms with Gasteiger partial charge in [-0.05, 0) is 43.5 Å². The number of carbonyl (C=O) groups is 2. The number of fused-ring (bicyclic) bond motifs is 1. The van der Waals surface area contributed by atoms with Gasteiger partial charge >= 0.3 is 6.03 Å². The van der Waals surface area contributed by atoms with E-state index < -0.39 is 12.3 Å². The summed E-state index contributed by atoms with van der Waals surface area (Å²) >= 11 is 0. The molecule has 0 bridgehead atoms. The molecule has 3 amide bonds. The summed E-state index contributed by atoms with van der Waals surface area (Å²) in [4.78, 5) is 27.5. The Bertz CT molecular complexity index is 1050. The van der Waals surface area contributed by atoms with E-state index in [1.165, 1.54) is 5.56 Å². The highest BCUT2D eigenvalue weighted by Gasteiger charge is 2.33. The van der Waals surface area contributed by atoms with E-state index in [9.17, 15) is 14.7 Å².